The minimum absolute atomic E-state index is 0.307. The van der Waals surface area contributed by atoms with Gasteiger partial charge in [-0.05, 0) is 35.6 Å². The van der Waals surface area contributed by atoms with Gasteiger partial charge in [0.15, 0.2) is 0 Å². The Balaban J connectivity index is 3.08. The van der Waals surface area contributed by atoms with Crippen LogP contribution in [-0.2, 0) is 22.4 Å². The lowest BCUT2D eigenvalue weighted by Gasteiger charge is -2.09. The average molecular weight is 232 g/mol. The lowest BCUT2D eigenvalue weighted by molar-refractivity contribution is -0.134. The van der Waals surface area contributed by atoms with Crippen molar-refractivity contribution in [3.8, 4) is 0 Å². The van der Waals surface area contributed by atoms with Crippen LogP contribution < -0.4 is 0 Å². The van der Waals surface area contributed by atoms with Crippen LogP contribution in [0.1, 0.15) is 37.0 Å². The van der Waals surface area contributed by atoms with E-state index in [0.29, 0.717) is 0 Å². The Bertz CT molecular complexity index is 405. The van der Waals surface area contributed by atoms with Crippen molar-refractivity contribution < 1.29 is 9.53 Å². The van der Waals surface area contributed by atoms with Crippen LogP contribution in [0.15, 0.2) is 24.3 Å². The van der Waals surface area contributed by atoms with Crippen LogP contribution >= 0.6 is 0 Å². The number of benzene rings is 1. The lowest BCUT2D eigenvalue weighted by atomic mass is 9.96. The molecule has 0 heterocycles. The van der Waals surface area contributed by atoms with Crippen molar-refractivity contribution >= 4 is 12.0 Å². The van der Waals surface area contributed by atoms with Gasteiger partial charge in [0.05, 0.1) is 7.11 Å². The third-order valence-corrected chi connectivity index (χ3v) is 2.77. The van der Waals surface area contributed by atoms with Gasteiger partial charge in [-0.1, -0.05) is 38.5 Å². The van der Waals surface area contributed by atoms with Gasteiger partial charge in [0.1, 0.15) is 0 Å². The molecule has 0 aliphatic carbocycles. The zero-order chi connectivity index (χ0) is 12.7. The Kier molecular flexibility index (Phi) is 5.47. The molecule has 2 heteroatoms. The normalized spacial score (nSPS) is 10.8. The smallest absolute Gasteiger partial charge is 0.330 e. The van der Waals surface area contributed by atoms with Crippen LogP contribution in [0, 0.1) is 0 Å². The molecule has 0 fully saturated rings. The average Bonchev–Trinajstić information content (AvgIpc) is 2.36. The summed E-state index contributed by atoms with van der Waals surface area (Å²) in [6.45, 7) is 4.28. The molecule has 2 nitrogen and oxygen atoms in total. The van der Waals surface area contributed by atoms with Gasteiger partial charge in [0.2, 0.25) is 0 Å². The highest BCUT2D eigenvalue weighted by Gasteiger charge is 2.04. The molecule has 0 saturated carbocycles. The lowest BCUT2D eigenvalue weighted by Crippen LogP contribution is -1.97. The number of methoxy groups -OCH3 is 1. The van der Waals surface area contributed by atoms with Crippen LogP contribution in [0.4, 0.5) is 0 Å². The van der Waals surface area contributed by atoms with E-state index in [2.05, 4.69) is 36.8 Å². The number of carbonyl (C=O) groups excluding carboxylic acids is 1. The van der Waals surface area contributed by atoms with Crippen molar-refractivity contribution in [3.05, 3.63) is 41.0 Å². The van der Waals surface area contributed by atoms with Gasteiger partial charge in [-0.3, -0.25) is 0 Å². The fourth-order valence-electron chi connectivity index (χ4n) is 1.90. The second kappa shape index (κ2) is 6.89. The van der Waals surface area contributed by atoms with Gasteiger partial charge < -0.3 is 4.74 Å². The number of rotatable bonds is 5. The molecule has 1 aromatic rings. The summed E-state index contributed by atoms with van der Waals surface area (Å²) in [6.07, 6.45) is 6.47. The first-order valence-electron chi connectivity index (χ1n) is 6.09. The number of carbonyl (C=O) groups is 1. The predicted molar refractivity (Wildman–Crippen MR) is 70.9 cm³/mol. The topological polar surface area (TPSA) is 26.3 Å². The molecule has 0 radical (unpaired) electrons. The van der Waals surface area contributed by atoms with Crippen LogP contribution in [0.5, 0.6) is 0 Å². The molecule has 0 bridgehead atoms. The first-order valence-corrected chi connectivity index (χ1v) is 6.09. The summed E-state index contributed by atoms with van der Waals surface area (Å²) in [6, 6.07) is 6.31. The van der Waals surface area contributed by atoms with Crippen molar-refractivity contribution in [2.75, 3.05) is 7.11 Å². The Labute approximate surface area is 103 Å². The monoisotopic (exact) mass is 232 g/mol. The highest BCUT2D eigenvalue weighted by molar-refractivity contribution is 5.87. The van der Waals surface area contributed by atoms with E-state index in [4.69, 9.17) is 0 Å². The fourth-order valence-corrected chi connectivity index (χ4v) is 1.90. The maximum atomic E-state index is 11.1. The Hall–Kier alpha value is -1.57. The number of hydrogen-bond donors (Lipinski definition) is 0. The van der Waals surface area contributed by atoms with Crippen molar-refractivity contribution in [2.45, 2.75) is 33.1 Å². The maximum Gasteiger partial charge on any atom is 0.330 e. The summed E-state index contributed by atoms with van der Waals surface area (Å²) >= 11 is 0. The van der Waals surface area contributed by atoms with Crippen molar-refractivity contribution in [3.63, 3.8) is 0 Å². The summed E-state index contributed by atoms with van der Waals surface area (Å²) in [5.74, 6) is -0.307. The van der Waals surface area contributed by atoms with Crippen LogP contribution in [0.25, 0.3) is 6.08 Å². The molecule has 0 amide bonds. The summed E-state index contributed by atoms with van der Waals surface area (Å²) in [5, 5.41) is 0. The van der Waals surface area contributed by atoms with E-state index in [1.54, 1.807) is 0 Å². The molecule has 92 valence electrons. The van der Waals surface area contributed by atoms with E-state index < -0.39 is 0 Å². The molecular formula is C15H20O2. The molecule has 0 aromatic heterocycles. The van der Waals surface area contributed by atoms with E-state index in [1.165, 1.54) is 29.9 Å². The quantitative estimate of drug-likeness (QED) is 0.574. The van der Waals surface area contributed by atoms with Crippen molar-refractivity contribution in [2.24, 2.45) is 0 Å². The molecule has 0 N–H and O–H groups in total. The van der Waals surface area contributed by atoms with Crippen molar-refractivity contribution in [1.82, 2.24) is 0 Å². The van der Waals surface area contributed by atoms with E-state index >= 15 is 0 Å². The van der Waals surface area contributed by atoms with Crippen LogP contribution in [0.2, 0.25) is 0 Å². The zero-order valence-corrected chi connectivity index (χ0v) is 10.8. The van der Waals surface area contributed by atoms with Crippen molar-refractivity contribution in [1.29, 1.82) is 0 Å². The minimum Gasteiger partial charge on any atom is -0.466 e. The second-order valence-electron chi connectivity index (χ2n) is 3.95. The van der Waals surface area contributed by atoms with Gasteiger partial charge in [-0.15, -0.1) is 0 Å². The molecule has 0 unspecified atom stereocenters. The number of ether oxygens (including phenoxy) is 1. The highest BCUT2D eigenvalue weighted by atomic mass is 16.5. The third-order valence-electron chi connectivity index (χ3n) is 2.77. The Morgan fingerprint density at radius 2 is 2.00 bits per heavy atom. The van der Waals surface area contributed by atoms with Gasteiger partial charge in [-0.2, -0.15) is 0 Å². The Morgan fingerprint density at radius 3 is 2.59 bits per heavy atom. The van der Waals surface area contributed by atoms with E-state index in [1.807, 2.05) is 6.08 Å². The number of esters is 1. The van der Waals surface area contributed by atoms with E-state index in [9.17, 15) is 4.79 Å². The molecule has 1 rings (SSSR count). The maximum absolute atomic E-state index is 11.1. The highest BCUT2D eigenvalue weighted by Crippen LogP contribution is 2.19. The largest absolute Gasteiger partial charge is 0.466 e. The van der Waals surface area contributed by atoms with Crippen LogP contribution in [-0.4, -0.2) is 13.1 Å². The summed E-state index contributed by atoms with van der Waals surface area (Å²) < 4.78 is 4.62. The predicted octanol–water partition coefficient (Wildman–Crippen LogP) is 3.39. The summed E-state index contributed by atoms with van der Waals surface area (Å²) in [7, 11) is 1.39. The molecule has 0 saturated heterocycles. The molecule has 0 aliphatic heterocycles. The molecule has 1 aromatic carbocycles. The minimum atomic E-state index is -0.307. The van der Waals surface area contributed by atoms with Gasteiger partial charge in [0.25, 0.3) is 0 Å². The third kappa shape index (κ3) is 3.74. The fraction of sp³-hybridized carbons (Fsp3) is 0.400. The van der Waals surface area contributed by atoms with Gasteiger partial charge >= 0.3 is 5.97 Å². The molecule has 0 aliphatic rings. The van der Waals surface area contributed by atoms with Crippen LogP contribution in [0.3, 0.4) is 0 Å². The molecule has 0 spiro atoms. The zero-order valence-electron chi connectivity index (χ0n) is 10.8. The first-order chi connectivity index (χ1) is 8.22. The van der Waals surface area contributed by atoms with Gasteiger partial charge in [0, 0.05) is 6.08 Å². The van der Waals surface area contributed by atoms with Gasteiger partial charge in [-0.25, -0.2) is 4.79 Å². The number of hydrogen-bond acceptors (Lipinski definition) is 2. The first kappa shape index (κ1) is 13.5. The summed E-state index contributed by atoms with van der Waals surface area (Å²) in [4.78, 5) is 11.1. The van der Waals surface area contributed by atoms with E-state index in [-0.39, 0.29) is 5.97 Å². The molecular weight excluding hydrogens is 212 g/mol. The number of aryl methyl sites for hydroxylation is 2. The standard InChI is InChI=1S/C15H20O2/c1-4-7-13-9-6-8-12(5-2)14(13)10-11-15(16)17-3/h6,8-11H,4-5,7H2,1-3H3/b11-10+. The van der Waals surface area contributed by atoms with E-state index in [0.717, 1.165) is 19.3 Å². The Morgan fingerprint density at radius 1 is 1.29 bits per heavy atom. The molecule has 0 atom stereocenters. The second-order valence-corrected chi connectivity index (χ2v) is 3.95. The summed E-state index contributed by atoms with van der Waals surface area (Å²) in [5.41, 5.74) is 3.74. The SMILES string of the molecule is CCCc1cccc(CC)c1/C=C/C(=O)OC. The molecule has 17 heavy (non-hydrogen) atoms.